The second-order valence-corrected chi connectivity index (χ2v) is 5.67. The fourth-order valence-corrected chi connectivity index (χ4v) is 2.86. The normalized spacial score (nSPS) is 13.0. The zero-order valence-corrected chi connectivity index (χ0v) is 12.3. The topological polar surface area (TPSA) is 25.8 Å². The zero-order valence-electron chi connectivity index (χ0n) is 12.3. The van der Waals surface area contributed by atoms with Crippen molar-refractivity contribution in [1.29, 1.82) is 0 Å². The highest BCUT2D eigenvalue weighted by Gasteiger charge is 2.12. The highest BCUT2D eigenvalue weighted by molar-refractivity contribution is 5.69. The molecule has 0 unspecified atom stereocenters. The number of allylic oxidation sites excluding steroid dienone is 2. The fraction of sp³-hybridized carbons (Fsp3) is 0.263. The lowest BCUT2D eigenvalue weighted by molar-refractivity contribution is 0.911. The molecule has 1 aromatic carbocycles. The first kappa shape index (κ1) is 13.7. The van der Waals surface area contributed by atoms with Crippen molar-refractivity contribution in [2.45, 2.75) is 32.1 Å². The predicted octanol–water partition coefficient (Wildman–Crippen LogP) is 4.47. The van der Waals surface area contributed by atoms with Crippen LogP contribution in [0.25, 0.3) is 11.1 Å². The summed E-state index contributed by atoms with van der Waals surface area (Å²) >= 11 is 0. The average molecular weight is 276 g/mol. The van der Waals surface area contributed by atoms with Crippen LogP contribution in [0.1, 0.15) is 41.5 Å². The number of aromatic nitrogens is 2. The van der Waals surface area contributed by atoms with Crippen LogP contribution < -0.4 is 0 Å². The summed E-state index contributed by atoms with van der Waals surface area (Å²) in [6, 6.07) is 6.79. The summed E-state index contributed by atoms with van der Waals surface area (Å²) in [6.07, 6.45) is 10.7. The van der Waals surface area contributed by atoms with Crippen molar-refractivity contribution in [3.05, 3.63) is 72.3 Å². The summed E-state index contributed by atoms with van der Waals surface area (Å²) in [5.74, 6) is 0. The zero-order chi connectivity index (χ0) is 14.7. The molecule has 0 bridgehead atoms. The minimum atomic E-state index is 0.892. The van der Waals surface area contributed by atoms with Crippen molar-refractivity contribution in [3.8, 4) is 0 Å². The Morgan fingerprint density at radius 3 is 2.33 bits per heavy atom. The predicted molar refractivity (Wildman–Crippen MR) is 87.8 cm³/mol. The summed E-state index contributed by atoms with van der Waals surface area (Å²) in [6.45, 7) is 8.37. The van der Waals surface area contributed by atoms with Gasteiger partial charge in [-0.25, -0.2) is 9.97 Å². The Morgan fingerprint density at radius 1 is 0.905 bits per heavy atom. The first-order chi connectivity index (χ1) is 10.2. The molecule has 1 aliphatic carbocycles. The molecule has 0 atom stereocenters. The third-order valence-electron chi connectivity index (χ3n) is 4.20. The van der Waals surface area contributed by atoms with Crippen molar-refractivity contribution >= 4 is 11.1 Å². The molecule has 3 rings (SSSR count). The number of fused-ring (bicyclic) bond motifs is 1. The number of nitrogens with zero attached hydrogens (tertiary/aromatic N) is 2. The third kappa shape index (κ3) is 3.10. The van der Waals surface area contributed by atoms with Gasteiger partial charge >= 0.3 is 0 Å². The molecule has 1 aromatic heterocycles. The standard InChI is InChI=1S/C19H20N2/c1-14(6-7-15(2)19-11-20-13-21-12-19)17-9-8-16-4-3-5-18(16)10-17/h8-13H,1-7H2. The van der Waals surface area contributed by atoms with Crippen LogP contribution in [0.4, 0.5) is 0 Å². The largest absolute Gasteiger partial charge is 0.244 e. The quantitative estimate of drug-likeness (QED) is 0.805. The van der Waals surface area contributed by atoms with Gasteiger partial charge in [0.15, 0.2) is 0 Å². The number of aryl methyl sites for hydroxylation is 2. The number of hydrogen-bond acceptors (Lipinski definition) is 2. The second-order valence-electron chi connectivity index (χ2n) is 5.67. The van der Waals surface area contributed by atoms with Gasteiger partial charge in [0.05, 0.1) is 0 Å². The first-order valence-electron chi connectivity index (χ1n) is 7.47. The van der Waals surface area contributed by atoms with E-state index in [1.54, 1.807) is 6.33 Å². The van der Waals surface area contributed by atoms with E-state index >= 15 is 0 Å². The highest BCUT2D eigenvalue weighted by atomic mass is 14.8. The summed E-state index contributed by atoms with van der Waals surface area (Å²) in [5, 5.41) is 0. The Labute approximate surface area is 126 Å². The van der Waals surface area contributed by atoms with E-state index in [9.17, 15) is 0 Å². The molecule has 0 saturated heterocycles. The summed E-state index contributed by atoms with van der Waals surface area (Å²) in [4.78, 5) is 8.07. The summed E-state index contributed by atoms with van der Waals surface area (Å²) < 4.78 is 0. The van der Waals surface area contributed by atoms with Crippen LogP contribution in [-0.2, 0) is 12.8 Å². The molecular weight excluding hydrogens is 256 g/mol. The molecule has 0 aliphatic heterocycles. The number of benzene rings is 1. The maximum Gasteiger partial charge on any atom is 0.115 e. The molecule has 0 N–H and O–H groups in total. The van der Waals surface area contributed by atoms with Crippen molar-refractivity contribution < 1.29 is 0 Å². The lowest BCUT2D eigenvalue weighted by Gasteiger charge is -2.10. The van der Waals surface area contributed by atoms with E-state index in [2.05, 4.69) is 41.3 Å². The summed E-state index contributed by atoms with van der Waals surface area (Å²) in [7, 11) is 0. The van der Waals surface area contributed by atoms with Gasteiger partial charge in [-0.1, -0.05) is 31.4 Å². The van der Waals surface area contributed by atoms with E-state index in [-0.39, 0.29) is 0 Å². The highest BCUT2D eigenvalue weighted by Crippen LogP contribution is 2.28. The first-order valence-corrected chi connectivity index (χ1v) is 7.47. The molecule has 2 heteroatoms. The molecule has 0 radical (unpaired) electrons. The number of rotatable bonds is 5. The van der Waals surface area contributed by atoms with Crippen molar-refractivity contribution in [1.82, 2.24) is 9.97 Å². The van der Waals surface area contributed by atoms with Crippen LogP contribution >= 0.6 is 0 Å². The molecule has 0 fully saturated rings. The SMILES string of the molecule is C=C(CCC(=C)c1ccc2c(c1)CCC2)c1cncnc1. The van der Waals surface area contributed by atoms with Gasteiger partial charge in [-0.3, -0.25) is 0 Å². The minimum Gasteiger partial charge on any atom is -0.244 e. The molecule has 0 saturated carbocycles. The van der Waals surface area contributed by atoms with Crippen LogP contribution in [0.5, 0.6) is 0 Å². The number of hydrogen-bond donors (Lipinski definition) is 0. The van der Waals surface area contributed by atoms with Crippen molar-refractivity contribution in [2.75, 3.05) is 0 Å². The molecule has 21 heavy (non-hydrogen) atoms. The maximum atomic E-state index is 4.24. The third-order valence-corrected chi connectivity index (χ3v) is 4.20. The average Bonchev–Trinajstić information content (AvgIpc) is 3.00. The molecule has 1 heterocycles. The molecule has 106 valence electrons. The van der Waals surface area contributed by atoms with E-state index < -0.39 is 0 Å². The van der Waals surface area contributed by atoms with Gasteiger partial charge in [-0.15, -0.1) is 0 Å². The van der Waals surface area contributed by atoms with Gasteiger partial charge in [0.1, 0.15) is 6.33 Å². The van der Waals surface area contributed by atoms with Gasteiger partial charge in [-0.05, 0) is 59.9 Å². The van der Waals surface area contributed by atoms with E-state index in [1.165, 1.54) is 41.5 Å². The Hall–Kier alpha value is -2.22. The van der Waals surface area contributed by atoms with E-state index in [4.69, 9.17) is 0 Å². The van der Waals surface area contributed by atoms with Crippen LogP contribution in [0, 0.1) is 0 Å². The minimum absolute atomic E-state index is 0.892. The molecule has 2 aromatic rings. The van der Waals surface area contributed by atoms with Crippen LogP contribution in [0.15, 0.2) is 50.1 Å². The summed E-state index contributed by atoms with van der Waals surface area (Å²) in [5.41, 5.74) is 7.55. The van der Waals surface area contributed by atoms with Crippen molar-refractivity contribution in [2.24, 2.45) is 0 Å². The lowest BCUT2D eigenvalue weighted by atomic mass is 9.96. The van der Waals surface area contributed by atoms with Crippen LogP contribution in [0.3, 0.4) is 0 Å². The van der Waals surface area contributed by atoms with Gasteiger partial charge < -0.3 is 0 Å². The second kappa shape index (κ2) is 6.04. The Kier molecular flexibility index (Phi) is 3.96. The Bertz CT molecular complexity index is 671. The van der Waals surface area contributed by atoms with E-state index in [1.807, 2.05) is 12.4 Å². The maximum absolute atomic E-state index is 4.24. The molecule has 2 nitrogen and oxygen atoms in total. The van der Waals surface area contributed by atoms with Gasteiger partial charge in [0, 0.05) is 18.0 Å². The molecule has 1 aliphatic rings. The Balaban J connectivity index is 1.63. The Morgan fingerprint density at radius 2 is 1.57 bits per heavy atom. The van der Waals surface area contributed by atoms with E-state index in [0.717, 1.165) is 24.0 Å². The van der Waals surface area contributed by atoms with E-state index in [0.29, 0.717) is 0 Å². The molecule has 0 spiro atoms. The van der Waals surface area contributed by atoms with Crippen LogP contribution in [0.2, 0.25) is 0 Å². The smallest absolute Gasteiger partial charge is 0.115 e. The fourth-order valence-electron chi connectivity index (χ4n) is 2.86. The monoisotopic (exact) mass is 276 g/mol. The van der Waals surface area contributed by atoms with Crippen LogP contribution in [-0.4, -0.2) is 9.97 Å². The molecule has 0 amide bonds. The van der Waals surface area contributed by atoms with Gasteiger partial charge in [0.2, 0.25) is 0 Å². The van der Waals surface area contributed by atoms with Gasteiger partial charge in [0.25, 0.3) is 0 Å². The van der Waals surface area contributed by atoms with Gasteiger partial charge in [-0.2, -0.15) is 0 Å². The lowest BCUT2D eigenvalue weighted by Crippen LogP contribution is -1.91. The molecular formula is C19H20N2. The van der Waals surface area contributed by atoms with Crippen molar-refractivity contribution in [3.63, 3.8) is 0 Å².